The summed E-state index contributed by atoms with van der Waals surface area (Å²) in [6.07, 6.45) is 0.418. The van der Waals surface area contributed by atoms with Gasteiger partial charge in [-0.3, -0.25) is 4.79 Å². The van der Waals surface area contributed by atoms with Crippen LogP contribution in [0.4, 0.5) is 11.4 Å². The summed E-state index contributed by atoms with van der Waals surface area (Å²) in [7, 11) is 0. The molecule has 0 saturated heterocycles. The van der Waals surface area contributed by atoms with Crippen LogP contribution in [0, 0.1) is 0 Å². The SMILES string of the molecule is CCOCC(C)Nc1cc2c(cc1Cl)NC(=O)C2. The summed E-state index contributed by atoms with van der Waals surface area (Å²) in [5, 5.41) is 6.68. The molecule has 1 heterocycles. The molecule has 0 bridgehead atoms. The number of benzene rings is 1. The van der Waals surface area contributed by atoms with E-state index in [9.17, 15) is 4.79 Å². The minimum absolute atomic E-state index is 0.0144. The van der Waals surface area contributed by atoms with Crippen molar-refractivity contribution in [1.82, 2.24) is 0 Å². The third kappa shape index (κ3) is 2.94. The molecule has 98 valence electrons. The lowest BCUT2D eigenvalue weighted by molar-refractivity contribution is -0.115. The smallest absolute Gasteiger partial charge is 0.228 e. The third-order valence-corrected chi connectivity index (χ3v) is 3.10. The second-order valence-corrected chi connectivity index (χ2v) is 4.83. The number of rotatable bonds is 5. The molecule has 0 aliphatic carbocycles. The van der Waals surface area contributed by atoms with E-state index in [0.717, 1.165) is 16.9 Å². The molecule has 2 N–H and O–H groups in total. The molecule has 1 aromatic carbocycles. The monoisotopic (exact) mass is 268 g/mol. The first-order chi connectivity index (χ1) is 8.60. The van der Waals surface area contributed by atoms with Crippen LogP contribution in [0.15, 0.2) is 12.1 Å². The Morgan fingerprint density at radius 3 is 3.06 bits per heavy atom. The predicted molar refractivity (Wildman–Crippen MR) is 73.4 cm³/mol. The molecule has 1 amide bonds. The first-order valence-corrected chi connectivity index (χ1v) is 6.44. The molecule has 1 aromatic rings. The van der Waals surface area contributed by atoms with Crippen molar-refractivity contribution in [3.63, 3.8) is 0 Å². The Morgan fingerprint density at radius 2 is 2.33 bits per heavy atom. The summed E-state index contributed by atoms with van der Waals surface area (Å²) in [6, 6.07) is 3.89. The van der Waals surface area contributed by atoms with Crippen LogP contribution in [0.25, 0.3) is 0 Å². The van der Waals surface area contributed by atoms with Crippen molar-refractivity contribution in [3.8, 4) is 0 Å². The summed E-state index contributed by atoms with van der Waals surface area (Å²) in [6.45, 7) is 5.32. The molecule has 5 heteroatoms. The molecule has 0 radical (unpaired) electrons. The molecule has 4 nitrogen and oxygen atoms in total. The van der Waals surface area contributed by atoms with Crippen LogP contribution < -0.4 is 10.6 Å². The van der Waals surface area contributed by atoms with Crippen molar-refractivity contribution < 1.29 is 9.53 Å². The van der Waals surface area contributed by atoms with Crippen molar-refractivity contribution in [2.45, 2.75) is 26.3 Å². The third-order valence-electron chi connectivity index (χ3n) is 2.79. The quantitative estimate of drug-likeness (QED) is 0.863. The van der Waals surface area contributed by atoms with Crippen LogP contribution in [-0.2, 0) is 16.0 Å². The van der Waals surface area contributed by atoms with Crippen molar-refractivity contribution in [1.29, 1.82) is 0 Å². The van der Waals surface area contributed by atoms with Crippen LogP contribution in [-0.4, -0.2) is 25.2 Å². The number of amides is 1. The lowest BCUT2D eigenvalue weighted by atomic mass is 10.1. The van der Waals surface area contributed by atoms with E-state index < -0.39 is 0 Å². The Hall–Kier alpha value is -1.26. The van der Waals surface area contributed by atoms with Crippen LogP contribution in [0.5, 0.6) is 0 Å². The Kier molecular flexibility index (Phi) is 4.09. The molecular formula is C13H17ClN2O2. The van der Waals surface area contributed by atoms with Gasteiger partial charge in [0, 0.05) is 18.3 Å². The topological polar surface area (TPSA) is 50.4 Å². The second kappa shape index (κ2) is 5.59. The zero-order valence-corrected chi connectivity index (χ0v) is 11.3. The van der Waals surface area contributed by atoms with Gasteiger partial charge in [-0.15, -0.1) is 0 Å². The highest BCUT2D eigenvalue weighted by molar-refractivity contribution is 6.33. The van der Waals surface area contributed by atoms with Gasteiger partial charge in [-0.05, 0) is 31.5 Å². The first kappa shape index (κ1) is 13.2. The minimum Gasteiger partial charge on any atom is -0.380 e. The van der Waals surface area contributed by atoms with E-state index in [1.54, 1.807) is 6.07 Å². The maximum Gasteiger partial charge on any atom is 0.228 e. The molecule has 1 aliphatic heterocycles. The highest BCUT2D eigenvalue weighted by Crippen LogP contribution is 2.33. The molecule has 0 spiro atoms. The number of fused-ring (bicyclic) bond motifs is 1. The van der Waals surface area contributed by atoms with E-state index in [1.807, 2.05) is 19.9 Å². The zero-order chi connectivity index (χ0) is 13.1. The van der Waals surface area contributed by atoms with Crippen molar-refractivity contribution in [2.75, 3.05) is 23.8 Å². The number of ether oxygens (including phenoxy) is 1. The van der Waals surface area contributed by atoms with Gasteiger partial charge >= 0.3 is 0 Å². The Bertz CT molecular complexity index is 463. The van der Waals surface area contributed by atoms with Gasteiger partial charge in [-0.1, -0.05) is 11.6 Å². The minimum atomic E-state index is 0.0144. The summed E-state index contributed by atoms with van der Waals surface area (Å²) < 4.78 is 5.35. The van der Waals surface area contributed by atoms with Gasteiger partial charge in [0.2, 0.25) is 5.91 Å². The Balaban J connectivity index is 2.10. The highest BCUT2D eigenvalue weighted by atomic mass is 35.5. The van der Waals surface area contributed by atoms with E-state index in [0.29, 0.717) is 24.7 Å². The molecule has 0 fully saturated rings. The van der Waals surface area contributed by atoms with E-state index in [-0.39, 0.29) is 11.9 Å². The van der Waals surface area contributed by atoms with Crippen molar-refractivity contribution in [2.24, 2.45) is 0 Å². The molecular weight excluding hydrogens is 252 g/mol. The molecule has 0 aromatic heterocycles. The number of halogens is 1. The summed E-state index contributed by atoms with van der Waals surface area (Å²) in [5.74, 6) is 0.0144. The molecule has 0 saturated carbocycles. The Labute approximate surface area is 112 Å². The number of hydrogen-bond donors (Lipinski definition) is 2. The van der Waals surface area contributed by atoms with Gasteiger partial charge in [0.25, 0.3) is 0 Å². The summed E-state index contributed by atoms with van der Waals surface area (Å²) in [4.78, 5) is 11.3. The molecule has 1 atom stereocenters. The van der Waals surface area contributed by atoms with Crippen LogP contribution in [0.2, 0.25) is 5.02 Å². The number of carbonyl (C=O) groups is 1. The van der Waals surface area contributed by atoms with Gasteiger partial charge in [0.05, 0.1) is 23.7 Å². The zero-order valence-electron chi connectivity index (χ0n) is 10.5. The van der Waals surface area contributed by atoms with Crippen LogP contribution in [0.1, 0.15) is 19.4 Å². The largest absolute Gasteiger partial charge is 0.380 e. The van der Waals surface area contributed by atoms with E-state index >= 15 is 0 Å². The second-order valence-electron chi connectivity index (χ2n) is 4.42. The lowest BCUT2D eigenvalue weighted by Gasteiger charge is -2.17. The number of hydrogen-bond acceptors (Lipinski definition) is 3. The van der Waals surface area contributed by atoms with Gasteiger partial charge in [0.1, 0.15) is 0 Å². The van der Waals surface area contributed by atoms with Gasteiger partial charge in [0.15, 0.2) is 0 Å². The number of carbonyl (C=O) groups excluding carboxylic acids is 1. The fraction of sp³-hybridized carbons (Fsp3) is 0.462. The van der Waals surface area contributed by atoms with Gasteiger partial charge in [-0.2, -0.15) is 0 Å². The fourth-order valence-corrected chi connectivity index (χ4v) is 2.18. The van der Waals surface area contributed by atoms with E-state index in [2.05, 4.69) is 10.6 Å². The van der Waals surface area contributed by atoms with E-state index in [4.69, 9.17) is 16.3 Å². The normalized spacial score (nSPS) is 15.2. The Morgan fingerprint density at radius 1 is 1.56 bits per heavy atom. The maximum absolute atomic E-state index is 11.3. The predicted octanol–water partition coefficient (Wildman–Crippen LogP) is 2.67. The average molecular weight is 269 g/mol. The maximum atomic E-state index is 11.3. The lowest BCUT2D eigenvalue weighted by Crippen LogP contribution is -2.21. The van der Waals surface area contributed by atoms with Crippen molar-refractivity contribution >= 4 is 28.9 Å². The molecule has 1 unspecified atom stereocenters. The van der Waals surface area contributed by atoms with Crippen LogP contribution >= 0.6 is 11.6 Å². The van der Waals surface area contributed by atoms with Crippen molar-refractivity contribution in [3.05, 3.63) is 22.7 Å². The highest BCUT2D eigenvalue weighted by Gasteiger charge is 2.19. The van der Waals surface area contributed by atoms with Gasteiger partial charge in [-0.25, -0.2) is 0 Å². The molecule has 1 aliphatic rings. The van der Waals surface area contributed by atoms with Crippen LogP contribution in [0.3, 0.4) is 0 Å². The summed E-state index contributed by atoms with van der Waals surface area (Å²) >= 11 is 6.18. The average Bonchev–Trinajstić information content (AvgIpc) is 2.66. The number of anilines is 2. The molecule has 2 rings (SSSR count). The standard InChI is InChI=1S/C13H17ClN2O2/c1-3-18-7-8(2)15-12-4-9-5-13(17)16-11(9)6-10(12)14/h4,6,8,15H,3,5,7H2,1-2H3,(H,16,17). The van der Waals surface area contributed by atoms with Gasteiger partial charge < -0.3 is 15.4 Å². The molecule has 18 heavy (non-hydrogen) atoms. The first-order valence-electron chi connectivity index (χ1n) is 6.06. The number of nitrogens with one attached hydrogen (secondary N) is 2. The summed E-state index contributed by atoms with van der Waals surface area (Å²) in [5.41, 5.74) is 2.64. The van der Waals surface area contributed by atoms with E-state index in [1.165, 1.54) is 0 Å². The fourth-order valence-electron chi connectivity index (χ4n) is 1.96.